The van der Waals surface area contributed by atoms with E-state index in [4.69, 9.17) is 16.3 Å². The van der Waals surface area contributed by atoms with Gasteiger partial charge in [0.2, 0.25) is 10.0 Å². The predicted octanol–water partition coefficient (Wildman–Crippen LogP) is 2.92. The Kier molecular flexibility index (Phi) is 6.54. The van der Waals surface area contributed by atoms with E-state index in [1.807, 2.05) is 30.3 Å². The molecule has 0 atom stereocenters. The smallest absolute Gasteiger partial charge is 0.244 e. The molecule has 0 fully saturated rings. The van der Waals surface area contributed by atoms with Gasteiger partial charge in [0.15, 0.2) is 11.5 Å². The van der Waals surface area contributed by atoms with Crippen LogP contribution in [-0.2, 0) is 23.0 Å². The number of hydrogen-bond donors (Lipinski definition) is 2. The molecule has 0 aliphatic heterocycles. The molecule has 0 unspecified atom stereocenters. The van der Waals surface area contributed by atoms with Crippen LogP contribution < -0.4 is 14.8 Å². The number of halogens is 1. The zero-order chi connectivity index (χ0) is 22.6. The first-order valence-corrected chi connectivity index (χ1v) is 11.6. The SMILES string of the molecule is COc1ccccc1S(=O)(=O)NCCc1nnc2ccc(NCc3ccc(Cl)cc3)nn12. The van der Waals surface area contributed by atoms with E-state index in [9.17, 15) is 8.42 Å². The first kappa shape index (κ1) is 22.0. The Hall–Kier alpha value is -3.21. The fourth-order valence-corrected chi connectivity index (χ4v) is 4.42. The molecule has 166 valence electrons. The van der Waals surface area contributed by atoms with Crippen molar-refractivity contribution < 1.29 is 13.2 Å². The fraction of sp³-hybridized carbons (Fsp3) is 0.190. The van der Waals surface area contributed by atoms with Gasteiger partial charge in [-0.2, -0.15) is 4.52 Å². The molecule has 2 aromatic carbocycles. The second-order valence-electron chi connectivity index (χ2n) is 6.88. The predicted molar refractivity (Wildman–Crippen MR) is 121 cm³/mol. The van der Waals surface area contributed by atoms with E-state index >= 15 is 0 Å². The van der Waals surface area contributed by atoms with Crippen LogP contribution in [-0.4, -0.2) is 41.9 Å². The molecular weight excluding hydrogens is 452 g/mol. The number of anilines is 1. The number of hydrogen-bond acceptors (Lipinski definition) is 7. The molecule has 4 rings (SSSR count). The third-order valence-electron chi connectivity index (χ3n) is 4.71. The van der Waals surface area contributed by atoms with Crippen LogP contribution in [0.25, 0.3) is 5.65 Å². The normalized spacial score (nSPS) is 11.6. The summed E-state index contributed by atoms with van der Waals surface area (Å²) in [4.78, 5) is 0.0837. The highest BCUT2D eigenvalue weighted by Gasteiger charge is 2.19. The summed E-state index contributed by atoms with van der Waals surface area (Å²) in [6.07, 6.45) is 0.309. The lowest BCUT2D eigenvalue weighted by molar-refractivity contribution is 0.402. The van der Waals surface area contributed by atoms with Crippen molar-refractivity contribution in [1.29, 1.82) is 0 Å². The highest BCUT2D eigenvalue weighted by Crippen LogP contribution is 2.22. The maximum atomic E-state index is 12.6. The van der Waals surface area contributed by atoms with Crippen LogP contribution in [0.15, 0.2) is 65.6 Å². The standard InChI is InChI=1S/C21H21ClN6O3S/c1-31-17-4-2-3-5-18(17)32(29,30)24-13-12-21-26-25-20-11-10-19(27-28(20)21)23-14-15-6-8-16(22)9-7-15/h2-11,24H,12-14H2,1H3,(H,23,27). The molecule has 0 aliphatic rings. The number of aromatic nitrogens is 4. The number of rotatable bonds is 9. The van der Waals surface area contributed by atoms with Crippen molar-refractivity contribution in [2.24, 2.45) is 0 Å². The number of nitrogens with one attached hydrogen (secondary N) is 2. The van der Waals surface area contributed by atoms with Crippen LogP contribution in [0.2, 0.25) is 5.02 Å². The molecule has 0 radical (unpaired) electrons. The fourth-order valence-electron chi connectivity index (χ4n) is 3.09. The van der Waals surface area contributed by atoms with Crippen molar-refractivity contribution in [2.45, 2.75) is 17.9 Å². The summed E-state index contributed by atoms with van der Waals surface area (Å²) in [6, 6.07) is 17.6. The number of benzene rings is 2. The second-order valence-corrected chi connectivity index (χ2v) is 9.06. The summed E-state index contributed by atoms with van der Waals surface area (Å²) in [6.45, 7) is 0.705. The minimum absolute atomic E-state index is 0.0837. The van der Waals surface area contributed by atoms with Crippen LogP contribution >= 0.6 is 11.6 Å². The Morgan fingerprint density at radius 1 is 1.03 bits per heavy atom. The third-order valence-corrected chi connectivity index (χ3v) is 6.47. The lowest BCUT2D eigenvalue weighted by atomic mass is 10.2. The summed E-state index contributed by atoms with van der Waals surface area (Å²) < 4.78 is 34.6. The van der Waals surface area contributed by atoms with Gasteiger partial charge in [0.05, 0.1) is 7.11 Å². The highest BCUT2D eigenvalue weighted by molar-refractivity contribution is 7.89. The molecule has 0 spiro atoms. The molecule has 2 aromatic heterocycles. The van der Waals surface area contributed by atoms with E-state index in [1.54, 1.807) is 28.8 Å². The lowest BCUT2D eigenvalue weighted by Gasteiger charge is -2.10. The van der Waals surface area contributed by atoms with E-state index in [0.717, 1.165) is 5.56 Å². The van der Waals surface area contributed by atoms with Gasteiger partial charge in [-0.3, -0.25) is 0 Å². The minimum Gasteiger partial charge on any atom is -0.495 e. The summed E-state index contributed by atoms with van der Waals surface area (Å²) in [7, 11) is -2.30. The van der Waals surface area contributed by atoms with Gasteiger partial charge >= 0.3 is 0 Å². The van der Waals surface area contributed by atoms with Gasteiger partial charge < -0.3 is 10.1 Å². The van der Waals surface area contributed by atoms with Crippen LogP contribution in [0.5, 0.6) is 5.75 Å². The number of sulfonamides is 1. The first-order valence-electron chi connectivity index (χ1n) is 9.78. The molecule has 4 aromatic rings. The molecule has 2 heterocycles. The molecule has 0 aliphatic carbocycles. The van der Waals surface area contributed by atoms with E-state index in [1.165, 1.54) is 13.2 Å². The van der Waals surface area contributed by atoms with Gasteiger partial charge in [-0.1, -0.05) is 35.9 Å². The van der Waals surface area contributed by atoms with Gasteiger partial charge in [0.25, 0.3) is 0 Å². The number of nitrogens with zero attached hydrogens (tertiary/aromatic N) is 4. The Morgan fingerprint density at radius 2 is 1.81 bits per heavy atom. The second kappa shape index (κ2) is 9.51. The first-order chi connectivity index (χ1) is 15.5. The Balaban J connectivity index is 1.43. The topological polar surface area (TPSA) is 111 Å². The number of ether oxygens (including phenoxy) is 1. The minimum atomic E-state index is -3.73. The van der Waals surface area contributed by atoms with Gasteiger partial charge in [-0.15, -0.1) is 15.3 Å². The largest absolute Gasteiger partial charge is 0.495 e. The van der Waals surface area contributed by atoms with Gasteiger partial charge in [0, 0.05) is 24.5 Å². The molecule has 2 N–H and O–H groups in total. The van der Waals surface area contributed by atoms with Crippen LogP contribution in [0.4, 0.5) is 5.82 Å². The number of para-hydroxylation sites is 1. The monoisotopic (exact) mass is 472 g/mol. The van der Waals surface area contributed by atoms with E-state index in [-0.39, 0.29) is 17.2 Å². The molecule has 0 saturated heterocycles. The summed E-state index contributed by atoms with van der Waals surface area (Å²) in [5, 5.41) is 16.7. The summed E-state index contributed by atoms with van der Waals surface area (Å²) in [5.74, 6) is 1.46. The molecule has 9 nitrogen and oxygen atoms in total. The van der Waals surface area contributed by atoms with E-state index in [2.05, 4.69) is 25.3 Å². The Bertz CT molecular complexity index is 1330. The molecule has 0 bridgehead atoms. The van der Waals surface area contributed by atoms with Crippen molar-refractivity contribution in [1.82, 2.24) is 24.5 Å². The number of methoxy groups -OCH3 is 1. The van der Waals surface area contributed by atoms with Gasteiger partial charge in [-0.05, 0) is 42.0 Å². The quantitative estimate of drug-likeness (QED) is 0.385. The van der Waals surface area contributed by atoms with Crippen LogP contribution in [0.1, 0.15) is 11.4 Å². The van der Waals surface area contributed by atoms with Gasteiger partial charge in [0.1, 0.15) is 16.5 Å². The zero-order valence-electron chi connectivity index (χ0n) is 17.2. The molecular formula is C21H21ClN6O3S. The molecule has 0 saturated carbocycles. The highest BCUT2D eigenvalue weighted by atomic mass is 35.5. The molecule has 32 heavy (non-hydrogen) atoms. The van der Waals surface area contributed by atoms with E-state index < -0.39 is 10.0 Å². The van der Waals surface area contributed by atoms with Crippen molar-refractivity contribution in [3.8, 4) is 5.75 Å². The maximum Gasteiger partial charge on any atom is 0.244 e. The van der Waals surface area contributed by atoms with Crippen molar-refractivity contribution in [2.75, 3.05) is 19.0 Å². The average molecular weight is 473 g/mol. The molecule has 11 heteroatoms. The van der Waals surface area contributed by atoms with Crippen molar-refractivity contribution in [3.05, 3.63) is 77.1 Å². The summed E-state index contributed by atoms with van der Waals surface area (Å²) in [5.41, 5.74) is 1.63. The van der Waals surface area contributed by atoms with Crippen LogP contribution in [0, 0.1) is 0 Å². The summed E-state index contributed by atoms with van der Waals surface area (Å²) >= 11 is 5.92. The Labute approximate surface area is 190 Å². The van der Waals surface area contributed by atoms with Crippen LogP contribution in [0.3, 0.4) is 0 Å². The number of fused-ring (bicyclic) bond motifs is 1. The average Bonchev–Trinajstić information content (AvgIpc) is 3.21. The van der Waals surface area contributed by atoms with Crippen molar-refractivity contribution >= 4 is 33.1 Å². The molecule has 0 amide bonds. The maximum absolute atomic E-state index is 12.6. The third kappa shape index (κ3) is 4.98. The van der Waals surface area contributed by atoms with Crippen molar-refractivity contribution in [3.63, 3.8) is 0 Å². The zero-order valence-corrected chi connectivity index (χ0v) is 18.8. The Morgan fingerprint density at radius 3 is 2.59 bits per heavy atom. The van der Waals surface area contributed by atoms with E-state index in [0.29, 0.717) is 35.3 Å². The van der Waals surface area contributed by atoms with Gasteiger partial charge in [-0.25, -0.2) is 13.1 Å². The lowest BCUT2D eigenvalue weighted by Crippen LogP contribution is -2.27.